The maximum Gasteiger partial charge on any atom is 0.335 e. The number of piperidine rings is 1. The predicted molar refractivity (Wildman–Crippen MR) is 173 cm³/mol. The molecule has 10 nitrogen and oxygen atoms in total. The summed E-state index contributed by atoms with van der Waals surface area (Å²) in [5.74, 6) is 1.89. The molecule has 0 amide bonds. The lowest BCUT2D eigenvalue weighted by Gasteiger charge is -2.33. The Morgan fingerprint density at radius 2 is 2.02 bits per heavy atom. The van der Waals surface area contributed by atoms with E-state index >= 15 is 0 Å². The van der Waals surface area contributed by atoms with E-state index in [1.165, 1.54) is 6.07 Å². The van der Waals surface area contributed by atoms with Crippen LogP contribution in [0.1, 0.15) is 64.2 Å². The van der Waals surface area contributed by atoms with E-state index in [2.05, 4.69) is 49.0 Å². The van der Waals surface area contributed by atoms with E-state index < -0.39 is 5.97 Å². The maximum absolute atomic E-state index is 14.9. The van der Waals surface area contributed by atoms with Crippen molar-refractivity contribution in [2.24, 2.45) is 5.92 Å². The Kier molecular flexibility index (Phi) is 7.06. The van der Waals surface area contributed by atoms with Gasteiger partial charge >= 0.3 is 5.97 Å². The number of hydrogen-bond acceptors (Lipinski definition) is 7. The molecule has 1 N–H and O–H groups in total. The number of carboxylic acid groups (broad SMARTS) is 1. The number of nitriles is 1. The van der Waals surface area contributed by atoms with Crippen LogP contribution in [-0.2, 0) is 38.0 Å². The average Bonchev–Trinajstić information content (AvgIpc) is 3.49. The second kappa shape index (κ2) is 11.3. The number of hydrogen-bond donors (Lipinski definition) is 1. The van der Waals surface area contributed by atoms with E-state index in [4.69, 9.17) is 9.97 Å². The first-order valence-electron chi connectivity index (χ1n) is 16.2. The van der Waals surface area contributed by atoms with Gasteiger partial charge in [0.15, 0.2) is 0 Å². The number of carbonyl (C=O) groups is 1. The Morgan fingerprint density at radius 3 is 2.83 bits per heavy atom. The zero-order valence-corrected chi connectivity index (χ0v) is 26.2. The number of pyridine rings is 1. The van der Waals surface area contributed by atoms with Crippen molar-refractivity contribution in [1.82, 2.24) is 29.0 Å². The van der Waals surface area contributed by atoms with Crippen molar-refractivity contribution in [3.05, 3.63) is 106 Å². The van der Waals surface area contributed by atoms with Gasteiger partial charge in [-0.1, -0.05) is 6.07 Å². The van der Waals surface area contributed by atoms with Crippen molar-refractivity contribution in [2.75, 3.05) is 24.5 Å². The largest absolute Gasteiger partial charge is 0.478 e. The molecule has 0 spiro atoms. The lowest BCUT2D eigenvalue weighted by molar-refractivity contribution is 0.0697. The maximum atomic E-state index is 14.9. The van der Waals surface area contributed by atoms with Gasteiger partial charge in [0.25, 0.3) is 0 Å². The Morgan fingerprint density at radius 1 is 1.13 bits per heavy atom. The number of carboxylic acids is 1. The van der Waals surface area contributed by atoms with Crippen LogP contribution < -0.4 is 4.90 Å². The summed E-state index contributed by atoms with van der Waals surface area (Å²) in [5.41, 5.74) is 4.93. The molecule has 238 valence electrons. The number of aryl methyl sites for hydroxylation is 1. The van der Waals surface area contributed by atoms with Crippen LogP contribution in [0, 0.1) is 23.1 Å². The first kappa shape index (κ1) is 29.3. The second-order valence-corrected chi connectivity index (χ2v) is 13.1. The smallest absolute Gasteiger partial charge is 0.335 e. The van der Waals surface area contributed by atoms with Crippen LogP contribution in [0.4, 0.5) is 10.2 Å². The third-order valence-electron chi connectivity index (χ3n) is 10.5. The van der Waals surface area contributed by atoms with Crippen LogP contribution in [0.25, 0.3) is 11.0 Å². The fourth-order valence-electron chi connectivity index (χ4n) is 7.75. The second-order valence-electron chi connectivity index (χ2n) is 13.1. The summed E-state index contributed by atoms with van der Waals surface area (Å²) in [4.78, 5) is 31.1. The van der Waals surface area contributed by atoms with Crippen molar-refractivity contribution in [3.63, 3.8) is 0 Å². The Labute approximate surface area is 271 Å². The molecule has 47 heavy (non-hydrogen) atoms. The van der Waals surface area contributed by atoms with Crippen molar-refractivity contribution >= 4 is 22.8 Å². The molecule has 2 fully saturated rings. The summed E-state index contributed by atoms with van der Waals surface area (Å²) < 4.78 is 19.1. The molecule has 3 aliphatic rings. The summed E-state index contributed by atoms with van der Waals surface area (Å²) in [6.07, 6.45) is 6.52. The molecule has 8 rings (SSSR count). The SMILES string of the molecule is CCn1ccnc1Cn1c(CN2CC[C@@]3(c4cccc(N5CCc6cc(C#N)cc(F)c6C5)n4)C[C@H]3C2)nc2ccc(C(=O)O)cc21. The van der Waals surface area contributed by atoms with Gasteiger partial charge in [-0.15, -0.1) is 0 Å². The quantitative estimate of drug-likeness (QED) is 0.251. The molecule has 0 unspecified atom stereocenters. The van der Waals surface area contributed by atoms with Gasteiger partial charge in [-0.3, -0.25) is 4.90 Å². The minimum Gasteiger partial charge on any atom is -0.478 e. The van der Waals surface area contributed by atoms with Gasteiger partial charge in [0.1, 0.15) is 23.3 Å². The van der Waals surface area contributed by atoms with E-state index in [1.807, 2.05) is 18.3 Å². The molecule has 1 aliphatic carbocycles. The Balaban J connectivity index is 1.01. The van der Waals surface area contributed by atoms with Crippen LogP contribution in [0.3, 0.4) is 0 Å². The van der Waals surface area contributed by atoms with Crippen LogP contribution in [0.15, 0.2) is 60.9 Å². The number of nitrogens with zero attached hydrogens (tertiary/aromatic N) is 8. The molecule has 1 saturated carbocycles. The van der Waals surface area contributed by atoms with Gasteiger partial charge < -0.3 is 19.1 Å². The van der Waals surface area contributed by atoms with E-state index in [1.54, 1.807) is 24.4 Å². The molecular weight excluding hydrogens is 595 g/mol. The summed E-state index contributed by atoms with van der Waals surface area (Å²) >= 11 is 0. The van der Waals surface area contributed by atoms with Gasteiger partial charge in [-0.2, -0.15) is 5.26 Å². The summed E-state index contributed by atoms with van der Waals surface area (Å²) in [7, 11) is 0. The number of aromatic carboxylic acids is 1. The monoisotopic (exact) mass is 630 g/mol. The summed E-state index contributed by atoms with van der Waals surface area (Å²) in [5, 5.41) is 18.9. The van der Waals surface area contributed by atoms with Crippen molar-refractivity contribution in [2.45, 2.75) is 57.8 Å². The number of halogens is 1. The zero-order valence-electron chi connectivity index (χ0n) is 26.2. The van der Waals surface area contributed by atoms with Crippen LogP contribution in [0.2, 0.25) is 0 Å². The third kappa shape index (κ3) is 5.13. The number of fused-ring (bicyclic) bond motifs is 3. The first-order valence-corrected chi connectivity index (χ1v) is 16.2. The van der Waals surface area contributed by atoms with Crippen LogP contribution in [0.5, 0.6) is 0 Å². The highest BCUT2D eigenvalue weighted by Crippen LogP contribution is 2.59. The third-order valence-corrected chi connectivity index (χ3v) is 10.5. The fraction of sp³-hybridized carbons (Fsp3) is 0.361. The van der Waals surface area contributed by atoms with Gasteiger partial charge in [-0.05, 0) is 86.7 Å². The van der Waals surface area contributed by atoms with Crippen LogP contribution >= 0.6 is 0 Å². The van der Waals surface area contributed by atoms with Gasteiger partial charge in [0, 0.05) is 55.2 Å². The molecule has 0 radical (unpaired) electrons. The normalized spacial score (nSPS) is 20.5. The Bertz CT molecular complexity index is 2080. The first-order chi connectivity index (χ1) is 22.8. The highest BCUT2D eigenvalue weighted by Gasteiger charge is 2.58. The number of likely N-dealkylation sites (tertiary alicyclic amines) is 1. The minimum atomic E-state index is -0.957. The summed E-state index contributed by atoms with van der Waals surface area (Å²) in [6.45, 7) is 7.07. The molecule has 11 heteroatoms. The molecular formula is C36H35FN8O2. The van der Waals surface area contributed by atoms with Gasteiger partial charge in [-0.25, -0.2) is 24.1 Å². The van der Waals surface area contributed by atoms with Crippen LogP contribution in [-0.4, -0.2) is 59.7 Å². The molecule has 5 heterocycles. The predicted octanol–water partition coefficient (Wildman–Crippen LogP) is 5.13. The number of anilines is 1. The molecule has 1 saturated heterocycles. The van der Waals surface area contributed by atoms with E-state index in [-0.39, 0.29) is 16.8 Å². The van der Waals surface area contributed by atoms with Gasteiger partial charge in [0.2, 0.25) is 0 Å². The van der Waals surface area contributed by atoms with E-state index in [0.29, 0.717) is 43.1 Å². The van der Waals surface area contributed by atoms with Crippen molar-refractivity contribution < 1.29 is 14.3 Å². The highest BCUT2D eigenvalue weighted by molar-refractivity contribution is 5.92. The standard InChI is InChI=1S/C36H35FN8O2/c1-2-43-13-10-39-33(43)22-45-30-16-25(35(46)47)6-7-29(30)40-34(45)21-42-12-9-36(17-26(36)19-42)31-4-3-5-32(41-31)44-11-8-24-14-23(18-38)15-28(37)27(24)20-44/h3-7,10,13-16,26H,2,8-9,11-12,17,19-22H2,1H3,(H,46,47)/t26-,36+/m0/s1. The summed E-state index contributed by atoms with van der Waals surface area (Å²) in [6, 6.07) is 16.6. The van der Waals surface area contributed by atoms with Crippen molar-refractivity contribution in [3.8, 4) is 6.07 Å². The van der Waals surface area contributed by atoms with Gasteiger partial charge in [0.05, 0.1) is 41.3 Å². The topological polar surface area (TPSA) is 116 Å². The molecule has 2 aromatic carbocycles. The minimum absolute atomic E-state index is 0.0511. The van der Waals surface area contributed by atoms with Crippen molar-refractivity contribution in [1.29, 1.82) is 5.26 Å². The molecule has 2 aliphatic heterocycles. The van der Waals surface area contributed by atoms with E-state index in [9.17, 15) is 19.6 Å². The molecule has 0 bridgehead atoms. The number of imidazole rings is 2. The number of rotatable bonds is 8. The highest BCUT2D eigenvalue weighted by atomic mass is 19.1. The lowest BCUT2D eigenvalue weighted by atomic mass is 9.91. The number of benzene rings is 2. The van der Waals surface area contributed by atoms with E-state index in [0.717, 1.165) is 78.8 Å². The Hall–Kier alpha value is -5.08. The molecule has 5 aromatic rings. The number of aromatic nitrogens is 5. The fourth-order valence-corrected chi connectivity index (χ4v) is 7.75. The average molecular weight is 631 g/mol. The molecule has 3 aromatic heterocycles. The molecule has 2 atom stereocenters. The lowest BCUT2D eigenvalue weighted by Crippen LogP contribution is -2.37. The zero-order chi connectivity index (χ0) is 32.3.